The highest BCUT2D eigenvalue weighted by Gasteiger charge is 2.17. The summed E-state index contributed by atoms with van der Waals surface area (Å²) in [4.78, 5) is 0. The molecule has 0 saturated carbocycles. The third kappa shape index (κ3) is 2.04. The summed E-state index contributed by atoms with van der Waals surface area (Å²) in [7, 11) is 0. The average molecular weight is 350 g/mol. The predicted octanol–water partition coefficient (Wildman–Crippen LogP) is 4.12. The molecule has 0 aliphatic rings. The lowest BCUT2D eigenvalue weighted by Crippen LogP contribution is -2.00. The summed E-state index contributed by atoms with van der Waals surface area (Å²) in [6.45, 7) is 0. The van der Waals surface area contributed by atoms with Gasteiger partial charge in [0.1, 0.15) is 17.4 Å². The molecule has 0 amide bonds. The molecule has 1 atom stereocenters. The number of fused-ring (bicyclic) bond motifs is 1. The number of benzene rings is 2. The summed E-state index contributed by atoms with van der Waals surface area (Å²) in [5, 5.41) is 11.4. The quantitative estimate of drug-likeness (QED) is 0.706. The summed E-state index contributed by atoms with van der Waals surface area (Å²) < 4.78 is 6.72. The van der Waals surface area contributed by atoms with Gasteiger partial charge in [-0.3, -0.25) is 0 Å². The molecule has 18 heavy (non-hydrogen) atoms. The van der Waals surface area contributed by atoms with Crippen molar-refractivity contribution < 1.29 is 9.52 Å². The van der Waals surface area contributed by atoms with Crippen LogP contribution in [0.4, 0.5) is 0 Å². The van der Waals surface area contributed by atoms with E-state index in [9.17, 15) is 5.11 Å². The minimum atomic E-state index is -0.717. The smallest absolute Gasteiger partial charge is 0.138 e. The van der Waals surface area contributed by atoms with Crippen LogP contribution < -0.4 is 0 Å². The molecule has 90 valence electrons. The monoisotopic (exact) mass is 350 g/mol. The Kier molecular flexibility index (Phi) is 3.09. The Morgan fingerprint density at radius 3 is 2.50 bits per heavy atom. The first-order valence-corrected chi connectivity index (χ1v) is 6.74. The van der Waals surface area contributed by atoms with Crippen LogP contribution in [0, 0.1) is 3.57 Å². The summed E-state index contributed by atoms with van der Waals surface area (Å²) in [5.74, 6) is 0.584. The maximum absolute atomic E-state index is 10.4. The van der Waals surface area contributed by atoms with Crippen LogP contribution in [-0.2, 0) is 0 Å². The van der Waals surface area contributed by atoms with Crippen molar-refractivity contribution in [2.24, 2.45) is 0 Å². The molecule has 3 aromatic rings. The van der Waals surface area contributed by atoms with Crippen molar-refractivity contribution in [1.82, 2.24) is 0 Å². The van der Waals surface area contributed by atoms with Crippen molar-refractivity contribution in [3.8, 4) is 0 Å². The number of halogens is 1. The SMILES string of the molecule is OC(c1cc2ccccc2o1)c1ccccc1I. The third-order valence-corrected chi connectivity index (χ3v) is 3.90. The van der Waals surface area contributed by atoms with Gasteiger partial charge < -0.3 is 9.52 Å². The fraction of sp³-hybridized carbons (Fsp3) is 0.0667. The Bertz CT molecular complexity index is 655. The molecule has 0 saturated heterocycles. The second-order valence-electron chi connectivity index (χ2n) is 4.11. The number of para-hydroxylation sites is 1. The maximum atomic E-state index is 10.4. The van der Waals surface area contributed by atoms with Gasteiger partial charge in [-0.05, 0) is 40.8 Å². The predicted molar refractivity (Wildman–Crippen MR) is 79.4 cm³/mol. The number of rotatable bonds is 2. The topological polar surface area (TPSA) is 33.4 Å². The minimum absolute atomic E-state index is 0.584. The van der Waals surface area contributed by atoms with E-state index in [-0.39, 0.29) is 0 Å². The Morgan fingerprint density at radius 1 is 1.00 bits per heavy atom. The van der Waals surface area contributed by atoms with Crippen molar-refractivity contribution in [2.45, 2.75) is 6.10 Å². The molecule has 0 spiro atoms. The molecule has 3 heteroatoms. The summed E-state index contributed by atoms with van der Waals surface area (Å²) in [6, 6.07) is 17.4. The number of aliphatic hydroxyl groups is 1. The molecule has 2 nitrogen and oxygen atoms in total. The third-order valence-electron chi connectivity index (χ3n) is 2.91. The van der Waals surface area contributed by atoms with Gasteiger partial charge >= 0.3 is 0 Å². The average Bonchev–Trinajstić information content (AvgIpc) is 2.82. The first-order valence-electron chi connectivity index (χ1n) is 5.66. The summed E-state index contributed by atoms with van der Waals surface area (Å²) >= 11 is 2.22. The van der Waals surface area contributed by atoms with Crippen LogP contribution in [-0.4, -0.2) is 5.11 Å². The molecule has 1 heterocycles. The largest absolute Gasteiger partial charge is 0.458 e. The highest BCUT2D eigenvalue weighted by molar-refractivity contribution is 14.1. The van der Waals surface area contributed by atoms with Gasteiger partial charge in [0.2, 0.25) is 0 Å². The van der Waals surface area contributed by atoms with Crippen molar-refractivity contribution in [2.75, 3.05) is 0 Å². The van der Waals surface area contributed by atoms with E-state index in [2.05, 4.69) is 22.6 Å². The normalized spacial score (nSPS) is 12.8. The molecular weight excluding hydrogens is 339 g/mol. The van der Waals surface area contributed by atoms with Gasteiger partial charge in [-0.15, -0.1) is 0 Å². The number of furan rings is 1. The van der Waals surface area contributed by atoms with E-state index in [1.807, 2.05) is 54.6 Å². The first kappa shape index (κ1) is 11.7. The molecular formula is C15H11IO2. The van der Waals surface area contributed by atoms with E-state index in [0.29, 0.717) is 5.76 Å². The standard InChI is InChI=1S/C15H11IO2/c16-12-7-3-2-6-11(12)15(17)14-9-10-5-1-4-8-13(10)18-14/h1-9,15,17H. The van der Waals surface area contributed by atoms with Gasteiger partial charge in [-0.2, -0.15) is 0 Å². The van der Waals surface area contributed by atoms with E-state index < -0.39 is 6.10 Å². The lowest BCUT2D eigenvalue weighted by Gasteiger charge is -2.09. The fourth-order valence-electron chi connectivity index (χ4n) is 1.99. The van der Waals surface area contributed by atoms with Crippen LogP contribution in [0.15, 0.2) is 59.0 Å². The zero-order valence-electron chi connectivity index (χ0n) is 9.51. The molecule has 0 fully saturated rings. The van der Waals surface area contributed by atoms with Crippen molar-refractivity contribution >= 4 is 33.6 Å². The molecule has 2 aromatic carbocycles. The van der Waals surface area contributed by atoms with Gasteiger partial charge in [0.05, 0.1) is 0 Å². The van der Waals surface area contributed by atoms with Crippen LogP contribution in [0.3, 0.4) is 0 Å². The summed E-state index contributed by atoms with van der Waals surface area (Å²) in [5.41, 5.74) is 1.68. The molecule has 0 bridgehead atoms. The first-order chi connectivity index (χ1) is 8.75. The second kappa shape index (κ2) is 4.74. The van der Waals surface area contributed by atoms with Gasteiger partial charge in [0.15, 0.2) is 0 Å². The molecule has 0 aliphatic heterocycles. The lowest BCUT2D eigenvalue weighted by atomic mass is 10.1. The van der Waals surface area contributed by atoms with Crippen molar-refractivity contribution in [3.05, 3.63) is 69.5 Å². The van der Waals surface area contributed by atoms with Gasteiger partial charge in [0.25, 0.3) is 0 Å². The fourth-order valence-corrected chi connectivity index (χ4v) is 2.67. The molecule has 1 aromatic heterocycles. The van der Waals surface area contributed by atoms with Crippen LogP contribution in [0.25, 0.3) is 11.0 Å². The van der Waals surface area contributed by atoms with Gasteiger partial charge in [-0.1, -0.05) is 36.4 Å². The highest BCUT2D eigenvalue weighted by Crippen LogP contribution is 2.30. The van der Waals surface area contributed by atoms with Crippen LogP contribution in [0.5, 0.6) is 0 Å². The zero-order chi connectivity index (χ0) is 12.5. The number of hydrogen-bond acceptors (Lipinski definition) is 2. The Hall–Kier alpha value is -1.33. The van der Waals surface area contributed by atoms with E-state index in [1.54, 1.807) is 0 Å². The van der Waals surface area contributed by atoms with E-state index in [1.165, 1.54) is 0 Å². The lowest BCUT2D eigenvalue weighted by molar-refractivity contribution is 0.191. The number of hydrogen-bond donors (Lipinski definition) is 1. The molecule has 1 unspecified atom stereocenters. The van der Waals surface area contributed by atoms with Gasteiger partial charge in [0, 0.05) is 14.5 Å². The summed E-state index contributed by atoms with van der Waals surface area (Å²) in [6.07, 6.45) is -0.717. The second-order valence-corrected chi connectivity index (χ2v) is 5.27. The molecule has 0 radical (unpaired) electrons. The van der Waals surface area contributed by atoms with E-state index in [0.717, 1.165) is 20.1 Å². The Labute approximate surface area is 118 Å². The van der Waals surface area contributed by atoms with Gasteiger partial charge in [-0.25, -0.2) is 0 Å². The van der Waals surface area contributed by atoms with Crippen LogP contribution >= 0.6 is 22.6 Å². The Balaban J connectivity index is 2.07. The maximum Gasteiger partial charge on any atom is 0.138 e. The van der Waals surface area contributed by atoms with Crippen LogP contribution in [0.2, 0.25) is 0 Å². The van der Waals surface area contributed by atoms with E-state index in [4.69, 9.17) is 4.42 Å². The van der Waals surface area contributed by atoms with E-state index >= 15 is 0 Å². The molecule has 1 N–H and O–H groups in total. The molecule has 0 aliphatic carbocycles. The zero-order valence-corrected chi connectivity index (χ0v) is 11.7. The Morgan fingerprint density at radius 2 is 1.72 bits per heavy atom. The van der Waals surface area contributed by atoms with Crippen molar-refractivity contribution in [1.29, 1.82) is 0 Å². The highest BCUT2D eigenvalue weighted by atomic mass is 127. The van der Waals surface area contributed by atoms with Crippen molar-refractivity contribution in [3.63, 3.8) is 0 Å². The molecule has 3 rings (SSSR count). The number of aliphatic hydroxyl groups excluding tert-OH is 1. The van der Waals surface area contributed by atoms with Crippen LogP contribution in [0.1, 0.15) is 17.4 Å². The minimum Gasteiger partial charge on any atom is -0.458 e.